The number of nitrogens with zero attached hydrogens (tertiary/aromatic N) is 2. The summed E-state index contributed by atoms with van der Waals surface area (Å²) in [6, 6.07) is 7.80. The van der Waals surface area contributed by atoms with Gasteiger partial charge in [-0.05, 0) is 43.4 Å². The van der Waals surface area contributed by atoms with Crippen LogP contribution in [0.25, 0.3) is 0 Å². The number of aliphatic hydroxyl groups excluding tert-OH is 1. The molecule has 0 aliphatic heterocycles. The Bertz CT molecular complexity index is 694. The number of imidazole rings is 1. The molecule has 1 heterocycles. The van der Waals surface area contributed by atoms with Crippen molar-refractivity contribution in [3.8, 4) is 0 Å². The summed E-state index contributed by atoms with van der Waals surface area (Å²) in [6.07, 6.45) is 4.18. The predicted octanol–water partition coefficient (Wildman–Crippen LogP) is 3.47. The number of hydrogen-bond donors (Lipinski definition) is 1. The molecule has 1 N–H and O–H groups in total. The lowest BCUT2D eigenvalue weighted by Crippen LogP contribution is -2.20. The molecule has 1 aromatic carbocycles. The van der Waals surface area contributed by atoms with Crippen LogP contribution in [0.1, 0.15) is 67.7 Å². The van der Waals surface area contributed by atoms with E-state index < -0.39 is 0 Å². The zero-order valence-electron chi connectivity index (χ0n) is 14.8. The molecule has 0 radical (unpaired) electrons. The number of aliphatic hydroxyl groups is 1. The van der Waals surface area contributed by atoms with E-state index in [1.54, 1.807) is 0 Å². The van der Waals surface area contributed by atoms with Gasteiger partial charge in [0.15, 0.2) is 0 Å². The van der Waals surface area contributed by atoms with Gasteiger partial charge in [-0.15, -0.1) is 0 Å². The number of rotatable bonds is 5. The highest BCUT2D eigenvalue weighted by atomic mass is 35.5. The van der Waals surface area contributed by atoms with Gasteiger partial charge in [-0.3, -0.25) is 0 Å². The zero-order valence-corrected chi connectivity index (χ0v) is 15.6. The minimum absolute atomic E-state index is 0.276. The molecular weight excluding hydrogens is 318 g/mol. The summed E-state index contributed by atoms with van der Waals surface area (Å²) in [5.74, 6) is 1.95. The Morgan fingerprint density at radius 3 is 2.67 bits per heavy atom. The van der Waals surface area contributed by atoms with Gasteiger partial charge in [0.05, 0.1) is 5.69 Å². The summed E-state index contributed by atoms with van der Waals surface area (Å²) in [5, 5.41) is 10.7. The standard InChI is InChI=1S/C19H26BClN2O/c1-12(2)19-22-16-5-3-4-14(10-17(20)24)18(16)23(19)11-13-6-8-15(21)9-7-13/h6-9,12,14,17,24H,3-5,10-11,20H2,1-2H3. The van der Waals surface area contributed by atoms with E-state index in [4.69, 9.17) is 16.6 Å². The monoisotopic (exact) mass is 344 g/mol. The Balaban J connectivity index is 2.02. The van der Waals surface area contributed by atoms with Crippen molar-refractivity contribution in [3.05, 3.63) is 52.1 Å². The maximum atomic E-state index is 9.91. The van der Waals surface area contributed by atoms with E-state index in [9.17, 15) is 5.11 Å². The first-order valence-electron chi connectivity index (χ1n) is 8.97. The second-order valence-electron chi connectivity index (χ2n) is 7.34. The molecule has 2 aromatic rings. The molecule has 3 nitrogen and oxygen atoms in total. The second kappa shape index (κ2) is 7.32. The van der Waals surface area contributed by atoms with E-state index in [0.29, 0.717) is 11.8 Å². The summed E-state index contributed by atoms with van der Waals surface area (Å²) < 4.78 is 2.40. The van der Waals surface area contributed by atoms with Gasteiger partial charge in [0.2, 0.25) is 0 Å². The fourth-order valence-corrected chi connectivity index (χ4v) is 3.97. The van der Waals surface area contributed by atoms with Crippen LogP contribution < -0.4 is 0 Å². The summed E-state index contributed by atoms with van der Waals surface area (Å²) in [6.45, 7) is 5.23. The van der Waals surface area contributed by atoms with Gasteiger partial charge in [0, 0.05) is 35.1 Å². The van der Waals surface area contributed by atoms with Gasteiger partial charge in [0.25, 0.3) is 0 Å². The molecule has 5 heteroatoms. The Hall–Kier alpha value is -1.26. The summed E-state index contributed by atoms with van der Waals surface area (Å²) in [4.78, 5) is 4.98. The highest BCUT2D eigenvalue weighted by molar-refractivity contribution is 6.30. The predicted molar refractivity (Wildman–Crippen MR) is 102 cm³/mol. The summed E-state index contributed by atoms with van der Waals surface area (Å²) >= 11 is 6.02. The molecule has 1 aromatic heterocycles. The molecule has 0 fully saturated rings. The van der Waals surface area contributed by atoms with Gasteiger partial charge >= 0.3 is 0 Å². The fourth-order valence-electron chi connectivity index (χ4n) is 3.85. The maximum absolute atomic E-state index is 9.91. The molecule has 0 saturated carbocycles. The smallest absolute Gasteiger partial charge is 0.138 e. The van der Waals surface area contributed by atoms with Crippen molar-refractivity contribution in [1.29, 1.82) is 0 Å². The van der Waals surface area contributed by atoms with E-state index in [1.807, 2.05) is 20.0 Å². The van der Waals surface area contributed by atoms with E-state index >= 15 is 0 Å². The average molecular weight is 345 g/mol. The van der Waals surface area contributed by atoms with Crippen LogP contribution in [0.3, 0.4) is 0 Å². The largest absolute Gasteiger partial charge is 0.402 e. The molecule has 0 bridgehead atoms. The van der Waals surface area contributed by atoms with Crippen molar-refractivity contribution < 1.29 is 5.11 Å². The molecule has 24 heavy (non-hydrogen) atoms. The van der Waals surface area contributed by atoms with E-state index in [1.165, 1.54) is 23.4 Å². The normalized spacial score (nSPS) is 18.6. The first-order chi connectivity index (χ1) is 11.5. The van der Waals surface area contributed by atoms with Crippen molar-refractivity contribution in [2.45, 2.75) is 63.9 Å². The highest BCUT2D eigenvalue weighted by Gasteiger charge is 2.29. The van der Waals surface area contributed by atoms with Crippen LogP contribution in [0, 0.1) is 0 Å². The van der Waals surface area contributed by atoms with Crippen molar-refractivity contribution in [2.24, 2.45) is 0 Å². The van der Waals surface area contributed by atoms with Crippen LogP contribution in [-0.4, -0.2) is 28.5 Å². The van der Waals surface area contributed by atoms with Crippen molar-refractivity contribution >= 4 is 19.4 Å². The Morgan fingerprint density at radius 2 is 2.04 bits per heavy atom. The van der Waals surface area contributed by atoms with Crippen LogP contribution in [0.2, 0.25) is 5.02 Å². The van der Waals surface area contributed by atoms with Crippen LogP contribution in [0.5, 0.6) is 0 Å². The quantitative estimate of drug-likeness (QED) is 0.843. The number of hydrogen-bond acceptors (Lipinski definition) is 2. The molecule has 0 saturated heterocycles. The molecule has 0 spiro atoms. The van der Waals surface area contributed by atoms with E-state index in [0.717, 1.165) is 36.7 Å². The number of aryl methyl sites for hydroxylation is 1. The van der Waals surface area contributed by atoms with Crippen molar-refractivity contribution in [1.82, 2.24) is 9.55 Å². The fraction of sp³-hybridized carbons (Fsp3) is 0.526. The second-order valence-corrected chi connectivity index (χ2v) is 7.78. The van der Waals surface area contributed by atoms with Gasteiger partial charge < -0.3 is 9.67 Å². The number of halogens is 1. The van der Waals surface area contributed by atoms with Crippen LogP contribution >= 0.6 is 11.6 Å². The molecule has 1 aliphatic rings. The minimum atomic E-state index is -0.276. The maximum Gasteiger partial charge on any atom is 0.138 e. The topological polar surface area (TPSA) is 38.1 Å². The highest BCUT2D eigenvalue weighted by Crippen LogP contribution is 2.37. The SMILES string of the molecule is BC(O)CC1CCCc2nc(C(C)C)n(Cc3ccc(Cl)cc3)c21. The first-order valence-corrected chi connectivity index (χ1v) is 9.35. The number of fused-ring (bicyclic) bond motifs is 1. The number of aromatic nitrogens is 2. The Morgan fingerprint density at radius 1 is 1.33 bits per heavy atom. The number of benzene rings is 1. The van der Waals surface area contributed by atoms with Crippen LogP contribution in [0.4, 0.5) is 0 Å². The lowest BCUT2D eigenvalue weighted by molar-refractivity contribution is 0.226. The Kier molecular flexibility index (Phi) is 5.36. The molecule has 0 amide bonds. The van der Waals surface area contributed by atoms with Crippen molar-refractivity contribution in [2.75, 3.05) is 0 Å². The molecule has 128 valence electrons. The summed E-state index contributed by atoms with van der Waals surface area (Å²) in [5.41, 5.74) is 3.83. The molecule has 2 unspecified atom stereocenters. The van der Waals surface area contributed by atoms with E-state index in [-0.39, 0.29) is 6.00 Å². The van der Waals surface area contributed by atoms with Gasteiger partial charge in [0.1, 0.15) is 13.7 Å². The third kappa shape index (κ3) is 3.70. The molecule has 3 rings (SSSR count). The molecule has 1 aliphatic carbocycles. The first kappa shape index (κ1) is 17.6. The lowest BCUT2D eigenvalue weighted by atomic mass is 9.81. The zero-order chi connectivity index (χ0) is 17.3. The van der Waals surface area contributed by atoms with Gasteiger partial charge in [-0.1, -0.05) is 37.6 Å². The van der Waals surface area contributed by atoms with Gasteiger partial charge in [-0.25, -0.2) is 4.98 Å². The van der Waals surface area contributed by atoms with Crippen LogP contribution in [0.15, 0.2) is 24.3 Å². The lowest BCUT2D eigenvalue weighted by Gasteiger charge is -2.26. The van der Waals surface area contributed by atoms with Crippen molar-refractivity contribution in [3.63, 3.8) is 0 Å². The average Bonchev–Trinajstić information content (AvgIpc) is 2.89. The molecular formula is C19H26BClN2O. The van der Waals surface area contributed by atoms with E-state index in [2.05, 4.69) is 30.5 Å². The third-order valence-corrected chi connectivity index (χ3v) is 5.11. The van der Waals surface area contributed by atoms with Crippen LogP contribution in [-0.2, 0) is 13.0 Å². The minimum Gasteiger partial charge on any atom is -0.402 e. The molecule has 2 atom stereocenters. The van der Waals surface area contributed by atoms with Gasteiger partial charge in [-0.2, -0.15) is 0 Å². The summed E-state index contributed by atoms with van der Waals surface area (Å²) in [7, 11) is 1.89. The third-order valence-electron chi connectivity index (χ3n) is 4.86. The Labute approximate surface area is 150 Å².